The number of aliphatic carboxylic acids is 1. The van der Waals surface area contributed by atoms with Crippen LogP contribution in [0, 0.1) is 0 Å². The van der Waals surface area contributed by atoms with Crippen LogP contribution in [-0.4, -0.2) is 26.8 Å². The van der Waals surface area contributed by atoms with E-state index >= 15 is 0 Å². The van der Waals surface area contributed by atoms with E-state index in [1.165, 1.54) is 0 Å². The molecule has 4 rings (SSSR count). The molecule has 3 aromatic carbocycles. The van der Waals surface area contributed by atoms with Crippen molar-refractivity contribution in [3.8, 4) is 0 Å². The summed E-state index contributed by atoms with van der Waals surface area (Å²) in [5.74, 6) is -0.187. The molecule has 0 fully saturated rings. The third kappa shape index (κ3) is 4.82. The molecule has 0 aliphatic rings. The van der Waals surface area contributed by atoms with Gasteiger partial charge in [-0.2, -0.15) is 0 Å². The largest absolute Gasteiger partial charge is 0.478 e. The quantitative estimate of drug-likeness (QED) is 0.344. The van der Waals surface area contributed by atoms with Crippen molar-refractivity contribution in [2.24, 2.45) is 0 Å². The van der Waals surface area contributed by atoms with Crippen LogP contribution in [0.4, 0.5) is 0 Å². The van der Waals surface area contributed by atoms with E-state index in [9.17, 15) is 9.59 Å². The zero-order chi connectivity index (χ0) is 20.2. The Morgan fingerprint density at radius 2 is 1.67 bits per heavy atom. The highest BCUT2D eigenvalue weighted by Gasteiger charge is 2.11. The van der Waals surface area contributed by atoms with E-state index in [0.29, 0.717) is 17.5 Å². The highest BCUT2D eigenvalue weighted by molar-refractivity contribution is 6.10. The van der Waals surface area contributed by atoms with Crippen LogP contribution in [0.2, 0.25) is 0 Å². The number of nitrogens with one attached hydrogen (secondary N) is 1. The van der Waals surface area contributed by atoms with Crippen molar-refractivity contribution in [2.75, 3.05) is 0 Å². The molecule has 0 bridgehead atoms. The molecule has 150 valence electrons. The Labute approximate surface area is 179 Å². The maximum absolute atomic E-state index is 12.6. The van der Waals surface area contributed by atoms with Crippen LogP contribution >= 0.6 is 12.4 Å². The molecule has 1 heterocycles. The molecular weight excluding hydrogens is 400 g/mol. The summed E-state index contributed by atoms with van der Waals surface area (Å²) >= 11 is 0. The van der Waals surface area contributed by atoms with Gasteiger partial charge in [0.2, 0.25) is 0 Å². The molecule has 0 aliphatic carbocycles. The van der Waals surface area contributed by atoms with Crippen LogP contribution in [0.1, 0.15) is 32.9 Å². The molecule has 6 heteroatoms. The van der Waals surface area contributed by atoms with E-state index in [0.717, 1.165) is 34.1 Å². The number of carbonyl (C=O) groups excluding carboxylic acids is 1. The van der Waals surface area contributed by atoms with Gasteiger partial charge in [-0.25, -0.2) is 9.78 Å². The molecule has 0 aliphatic heterocycles. The maximum Gasteiger partial charge on any atom is 0.328 e. The number of nitrogens with zero attached hydrogens (tertiary/aromatic N) is 1. The fourth-order valence-electron chi connectivity index (χ4n) is 3.15. The monoisotopic (exact) mass is 418 g/mol. The predicted octanol–water partition coefficient (Wildman–Crippen LogP) is 4.90. The Hall–Kier alpha value is -3.70. The molecule has 30 heavy (non-hydrogen) atoms. The zero-order valence-electron chi connectivity index (χ0n) is 15.9. The Bertz CT molecular complexity index is 1210. The first-order valence-corrected chi connectivity index (χ1v) is 9.17. The molecule has 0 atom stereocenters. The van der Waals surface area contributed by atoms with Crippen molar-refractivity contribution in [3.63, 3.8) is 0 Å². The Morgan fingerprint density at radius 1 is 0.933 bits per heavy atom. The summed E-state index contributed by atoms with van der Waals surface area (Å²) in [7, 11) is 0. The Balaban J connectivity index is 0.00000256. The Morgan fingerprint density at radius 3 is 2.37 bits per heavy atom. The highest BCUT2D eigenvalue weighted by atomic mass is 35.5. The third-order valence-electron chi connectivity index (χ3n) is 4.60. The van der Waals surface area contributed by atoms with Gasteiger partial charge in [-0.15, -0.1) is 12.4 Å². The molecule has 5 nitrogen and oxygen atoms in total. The number of hydrogen-bond acceptors (Lipinski definition) is 3. The summed E-state index contributed by atoms with van der Waals surface area (Å²) in [5.41, 5.74) is 4.78. The molecular formula is C24H19ClN2O3. The average molecular weight is 419 g/mol. The van der Waals surface area contributed by atoms with Gasteiger partial charge in [0, 0.05) is 23.6 Å². The molecule has 0 saturated carbocycles. The topological polar surface area (TPSA) is 83.0 Å². The van der Waals surface area contributed by atoms with Crippen LogP contribution in [0.25, 0.3) is 17.1 Å². The maximum atomic E-state index is 12.6. The van der Waals surface area contributed by atoms with E-state index in [2.05, 4.69) is 9.97 Å². The van der Waals surface area contributed by atoms with E-state index in [4.69, 9.17) is 5.11 Å². The van der Waals surface area contributed by atoms with E-state index in [-0.39, 0.29) is 18.2 Å². The third-order valence-corrected chi connectivity index (χ3v) is 4.60. The van der Waals surface area contributed by atoms with Crippen molar-refractivity contribution < 1.29 is 14.7 Å². The van der Waals surface area contributed by atoms with Gasteiger partial charge in [-0.05, 0) is 35.4 Å². The van der Waals surface area contributed by atoms with Crippen molar-refractivity contribution in [3.05, 3.63) is 107 Å². The lowest BCUT2D eigenvalue weighted by molar-refractivity contribution is -0.131. The molecule has 2 N–H and O–H groups in total. The highest BCUT2D eigenvalue weighted by Crippen LogP contribution is 2.18. The summed E-state index contributed by atoms with van der Waals surface area (Å²) < 4.78 is 0. The number of rotatable bonds is 6. The summed E-state index contributed by atoms with van der Waals surface area (Å²) in [4.78, 5) is 31.1. The van der Waals surface area contributed by atoms with Crippen molar-refractivity contribution in [2.45, 2.75) is 6.42 Å². The number of carboxylic acid groups (broad SMARTS) is 1. The van der Waals surface area contributed by atoms with Gasteiger partial charge in [0.05, 0.1) is 11.0 Å². The number of fused-ring (bicyclic) bond motifs is 1. The van der Waals surface area contributed by atoms with Crippen molar-refractivity contribution >= 4 is 41.3 Å². The lowest BCUT2D eigenvalue weighted by Gasteiger charge is -2.00. The van der Waals surface area contributed by atoms with Crippen LogP contribution in [0.5, 0.6) is 0 Å². The summed E-state index contributed by atoms with van der Waals surface area (Å²) in [5, 5.41) is 8.69. The number of H-pyrrole nitrogens is 1. The number of imidazole rings is 1. The zero-order valence-corrected chi connectivity index (χ0v) is 16.7. The second-order valence-electron chi connectivity index (χ2n) is 6.70. The number of aromatic amines is 1. The molecule has 0 spiro atoms. The standard InChI is InChI=1S/C24H18N2O3.ClH/c27-23(28)13-10-16-6-8-17(9-7-16)14-22-25-20-12-11-19(15-21(20)26-22)24(29)18-4-2-1-3-5-18;/h1-13,15H,14H2,(H,25,26)(H,27,28);1H/b13-10+;. The number of aromatic nitrogens is 2. The number of carboxylic acids is 1. The Kier molecular flexibility index (Phi) is 6.45. The van der Waals surface area contributed by atoms with E-state index < -0.39 is 5.97 Å². The first kappa shape index (κ1) is 21.0. The van der Waals surface area contributed by atoms with Crippen LogP contribution in [0.15, 0.2) is 78.9 Å². The number of ketones is 1. The van der Waals surface area contributed by atoms with Crippen molar-refractivity contribution in [1.29, 1.82) is 0 Å². The van der Waals surface area contributed by atoms with Gasteiger partial charge >= 0.3 is 5.97 Å². The average Bonchev–Trinajstić information content (AvgIpc) is 3.14. The summed E-state index contributed by atoms with van der Waals surface area (Å²) in [6, 6.07) is 22.3. The van der Waals surface area contributed by atoms with Gasteiger partial charge in [-0.3, -0.25) is 4.79 Å². The number of benzene rings is 3. The van der Waals surface area contributed by atoms with Crippen LogP contribution in [-0.2, 0) is 11.2 Å². The normalized spacial score (nSPS) is 10.8. The van der Waals surface area contributed by atoms with E-state index in [1.54, 1.807) is 24.3 Å². The number of carbonyl (C=O) groups is 2. The van der Waals surface area contributed by atoms with Gasteiger partial charge in [0.15, 0.2) is 5.78 Å². The lowest BCUT2D eigenvalue weighted by Crippen LogP contribution is -2.00. The first-order valence-electron chi connectivity index (χ1n) is 9.17. The SMILES string of the molecule is Cl.O=C(O)/C=C/c1ccc(Cc2nc3ccc(C(=O)c4ccccc4)cc3[nH]2)cc1. The fourth-order valence-corrected chi connectivity index (χ4v) is 3.15. The minimum atomic E-state index is -0.971. The predicted molar refractivity (Wildman–Crippen MR) is 119 cm³/mol. The van der Waals surface area contributed by atoms with Gasteiger partial charge in [0.1, 0.15) is 5.82 Å². The minimum Gasteiger partial charge on any atom is -0.478 e. The number of hydrogen-bond donors (Lipinski definition) is 2. The molecule has 0 amide bonds. The molecule has 0 radical (unpaired) electrons. The molecule has 0 unspecified atom stereocenters. The second-order valence-corrected chi connectivity index (χ2v) is 6.70. The first-order chi connectivity index (χ1) is 14.1. The number of halogens is 1. The van der Waals surface area contributed by atoms with Crippen LogP contribution in [0.3, 0.4) is 0 Å². The fraction of sp³-hybridized carbons (Fsp3) is 0.0417. The van der Waals surface area contributed by atoms with Crippen LogP contribution < -0.4 is 0 Å². The van der Waals surface area contributed by atoms with E-state index in [1.807, 2.05) is 54.6 Å². The van der Waals surface area contributed by atoms with Gasteiger partial charge in [-0.1, -0.05) is 54.6 Å². The van der Waals surface area contributed by atoms with Gasteiger partial charge in [0.25, 0.3) is 0 Å². The molecule has 4 aromatic rings. The minimum absolute atomic E-state index is 0. The van der Waals surface area contributed by atoms with Crippen molar-refractivity contribution in [1.82, 2.24) is 9.97 Å². The molecule has 0 saturated heterocycles. The summed E-state index contributed by atoms with van der Waals surface area (Å²) in [6.07, 6.45) is 3.28. The molecule has 1 aromatic heterocycles. The lowest BCUT2D eigenvalue weighted by atomic mass is 10.0. The van der Waals surface area contributed by atoms with Gasteiger partial charge < -0.3 is 10.1 Å². The smallest absolute Gasteiger partial charge is 0.328 e. The summed E-state index contributed by atoms with van der Waals surface area (Å²) in [6.45, 7) is 0. The second kappa shape index (κ2) is 9.20.